The largest absolute Gasteiger partial charge is 0.438 e. The van der Waals surface area contributed by atoms with Gasteiger partial charge < -0.3 is 9.64 Å². The maximum absolute atomic E-state index is 13.3. The van der Waals surface area contributed by atoms with Gasteiger partial charge in [0, 0.05) is 24.2 Å². The van der Waals surface area contributed by atoms with Gasteiger partial charge in [-0.2, -0.15) is 4.98 Å². The molecule has 0 saturated heterocycles. The Kier molecular flexibility index (Phi) is 5.74. The van der Waals surface area contributed by atoms with Gasteiger partial charge in [0.1, 0.15) is 10.8 Å². The van der Waals surface area contributed by atoms with Crippen LogP contribution in [0.3, 0.4) is 0 Å². The van der Waals surface area contributed by atoms with E-state index in [9.17, 15) is 4.79 Å². The third-order valence-electron chi connectivity index (χ3n) is 6.50. The molecule has 35 heavy (non-hydrogen) atoms. The summed E-state index contributed by atoms with van der Waals surface area (Å²) in [5, 5.41) is 0.805. The molecule has 6 rings (SSSR count). The van der Waals surface area contributed by atoms with E-state index in [0.29, 0.717) is 23.9 Å². The SMILES string of the molecule is Cc1ccc2c(c1)Cc1c(nc(-c3ccccc3)nc1SCC(=O)N1CCCc3ccccc31)O2. The number of para-hydroxylation sites is 1. The molecule has 1 amide bonds. The molecule has 174 valence electrons. The number of hydrogen-bond donors (Lipinski definition) is 0. The quantitative estimate of drug-likeness (QED) is 0.226. The van der Waals surface area contributed by atoms with Crippen molar-refractivity contribution in [2.75, 3.05) is 17.2 Å². The Balaban J connectivity index is 1.33. The molecule has 5 nitrogen and oxygen atoms in total. The number of amides is 1. The third kappa shape index (κ3) is 4.30. The molecule has 6 heteroatoms. The molecule has 2 aliphatic rings. The fourth-order valence-corrected chi connectivity index (χ4v) is 5.66. The van der Waals surface area contributed by atoms with E-state index in [0.717, 1.165) is 52.5 Å². The summed E-state index contributed by atoms with van der Waals surface area (Å²) in [5.74, 6) is 2.43. The zero-order valence-electron chi connectivity index (χ0n) is 19.5. The number of hydrogen-bond acceptors (Lipinski definition) is 5. The molecule has 0 atom stereocenters. The molecule has 0 saturated carbocycles. The molecule has 1 aromatic heterocycles. The van der Waals surface area contributed by atoms with Crippen LogP contribution in [-0.4, -0.2) is 28.2 Å². The fraction of sp³-hybridized carbons (Fsp3) is 0.207. The predicted octanol–water partition coefficient (Wildman–Crippen LogP) is 6.22. The van der Waals surface area contributed by atoms with Crippen LogP contribution in [-0.2, 0) is 17.6 Å². The number of benzene rings is 3. The molecular formula is C29H25N3O2S. The number of thioether (sulfide) groups is 1. The maximum atomic E-state index is 13.3. The van der Waals surface area contributed by atoms with Crippen LogP contribution in [0.4, 0.5) is 5.69 Å². The lowest BCUT2D eigenvalue weighted by Gasteiger charge is -2.29. The number of anilines is 1. The Morgan fingerprint density at radius 2 is 1.83 bits per heavy atom. The van der Waals surface area contributed by atoms with Crippen molar-refractivity contribution in [2.45, 2.75) is 31.2 Å². The Morgan fingerprint density at radius 3 is 2.71 bits per heavy atom. The zero-order valence-corrected chi connectivity index (χ0v) is 20.3. The Labute approximate surface area is 209 Å². The van der Waals surface area contributed by atoms with Gasteiger partial charge in [0.25, 0.3) is 0 Å². The predicted molar refractivity (Wildman–Crippen MR) is 139 cm³/mol. The van der Waals surface area contributed by atoms with Gasteiger partial charge in [-0.3, -0.25) is 4.79 Å². The van der Waals surface area contributed by atoms with Crippen molar-refractivity contribution in [1.82, 2.24) is 9.97 Å². The van der Waals surface area contributed by atoms with Crippen molar-refractivity contribution in [1.29, 1.82) is 0 Å². The molecule has 4 aromatic rings. The first kappa shape index (κ1) is 21.9. The number of aromatic nitrogens is 2. The lowest BCUT2D eigenvalue weighted by molar-refractivity contribution is -0.116. The van der Waals surface area contributed by atoms with Gasteiger partial charge in [-0.05, 0) is 43.0 Å². The number of nitrogens with zero attached hydrogens (tertiary/aromatic N) is 3. The highest BCUT2D eigenvalue weighted by atomic mass is 32.2. The lowest BCUT2D eigenvalue weighted by atomic mass is 10.0. The number of carbonyl (C=O) groups is 1. The molecule has 2 aliphatic heterocycles. The highest BCUT2D eigenvalue weighted by Gasteiger charge is 2.27. The van der Waals surface area contributed by atoms with Crippen molar-refractivity contribution in [3.05, 3.63) is 95.1 Å². The van der Waals surface area contributed by atoms with Crippen molar-refractivity contribution < 1.29 is 9.53 Å². The van der Waals surface area contributed by atoms with Crippen LogP contribution in [0.1, 0.15) is 28.7 Å². The molecule has 3 heterocycles. The molecule has 0 aliphatic carbocycles. The van der Waals surface area contributed by atoms with Crippen LogP contribution in [0.2, 0.25) is 0 Å². The Bertz CT molecular complexity index is 1420. The summed E-state index contributed by atoms with van der Waals surface area (Å²) in [6.45, 7) is 2.83. The molecule has 0 N–H and O–H groups in total. The second-order valence-corrected chi connectivity index (χ2v) is 9.92. The van der Waals surface area contributed by atoms with Gasteiger partial charge in [0.15, 0.2) is 5.82 Å². The molecule has 0 fully saturated rings. The monoisotopic (exact) mass is 479 g/mol. The lowest BCUT2D eigenvalue weighted by Crippen LogP contribution is -2.36. The average Bonchev–Trinajstić information content (AvgIpc) is 2.90. The number of rotatable bonds is 4. The van der Waals surface area contributed by atoms with Crippen molar-refractivity contribution >= 4 is 23.4 Å². The Hall–Kier alpha value is -3.64. The normalized spacial score (nSPS) is 13.9. The van der Waals surface area contributed by atoms with Crippen molar-refractivity contribution in [3.8, 4) is 23.0 Å². The first-order valence-electron chi connectivity index (χ1n) is 11.9. The number of carbonyl (C=O) groups excluding carboxylic acids is 1. The van der Waals surface area contributed by atoms with E-state index in [1.165, 1.54) is 22.9 Å². The number of ether oxygens (including phenoxy) is 1. The van der Waals surface area contributed by atoms with Gasteiger partial charge >= 0.3 is 0 Å². The van der Waals surface area contributed by atoms with Crippen LogP contribution in [0.25, 0.3) is 11.4 Å². The standard InChI is InChI=1S/C29H25N3O2S/c1-19-13-14-25-22(16-19)17-23-28(34-25)30-27(21-9-3-2-4-10-21)31-29(23)35-18-26(33)32-15-7-11-20-8-5-6-12-24(20)32/h2-6,8-10,12-14,16H,7,11,15,17-18H2,1H3. The van der Waals surface area contributed by atoms with E-state index in [1.54, 1.807) is 0 Å². The number of aryl methyl sites for hydroxylation is 2. The van der Waals surface area contributed by atoms with Crippen LogP contribution in [0.5, 0.6) is 11.6 Å². The minimum absolute atomic E-state index is 0.101. The van der Waals surface area contributed by atoms with Crippen molar-refractivity contribution in [2.24, 2.45) is 0 Å². The summed E-state index contributed by atoms with van der Waals surface area (Å²) in [6, 6.07) is 24.3. The first-order chi connectivity index (χ1) is 17.2. The summed E-state index contributed by atoms with van der Waals surface area (Å²) < 4.78 is 6.25. The van der Waals surface area contributed by atoms with E-state index in [1.807, 2.05) is 65.6 Å². The summed E-state index contributed by atoms with van der Waals surface area (Å²) in [4.78, 5) is 24.9. The fourth-order valence-electron chi connectivity index (χ4n) is 4.76. The average molecular weight is 480 g/mol. The van der Waals surface area contributed by atoms with Crippen LogP contribution in [0, 0.1) is 6.92 Å². The van der Waals surface area contributed by atoms with Gasteiger partial charge in [-0.1, -0.05) is 78.0 Å². The highest BCUT2D eigenvalue weighted by Crippen LogP contribution is 2.41. The summed E-state index contributed by atoms with van der Waals surface area (Å²) in [7, 11) is 0. The van der Waals surface area contributed by atoms with Crippen LogP contribution < -0.4 is 9.64 Å². The molecular weight excluding hydrogens is 454 g/mol. The van der Waals surface area contributed by atoms with Gasteiger partial charge in [0.2, 0.25) is 11.8 Å². The number of fused-ring (bicyclic) bond motifs is 3. The first-order valence-corrected chi connectivity index (χ1v) is 12.9. The van der Waals surface area contributed by atoms with E-state index in [-0.39, 0.29) is 5.91 Å². The second kappa shape index (κ2) is 9.19. The van der Waals surface area contributed by atoms with Gasteiger partial charge in [0.05, 0.1) is 11.3 Å². The summed E-state index contributed by atoms with van der Waals surface area (Å²) in [6.07, 6.45) is 2.69. The Morgan fingerprint density at radius 1 is 1.00 bits per heavy atom. The third-order valence-corrected chi connectivity index (χ3v) is 7.50. The molecule has 0 bridgehead atoms. The summed E-state index contributed by atoms with van der Waals surface area (Å²) in [5.41, 5.74) is 6.44. The summed E-state index contributed by atoms with van der Waals surface area (Å²) >= 11 is 1.48. The molecule has 0 radical (unpaired) electrons. The van der Waals surface area contributed by atoms with E-state index in [4.69, 9.17) is 14.7 Å². The van der Waals surface area contributed by atoms with Gasteiger partial charge in [-0.25, -0.2) is 4.98 Å². The smallest absolute Gasteiger partial charge is 0.237 e. The van der Waals surface area contributed by atoms with Gasteiger partial charge in [-0.15, -0.1) is 0 Å². The molecule has 0 spiro atoms. The molecule has 0 unspecified atom stereocenters. The second-order valence-electron chi connectivity index (χ2n) is 8.96. The van der Waals surface area contributed by atoms with Crippen LogP contribution >= 0.6 is 11.8 Å². The minimum atomic E-state index is 0.101. The van der Waals surface area contributed by atoms with E-state index < -0.39 is 0 Å². The minimum Gasteiger partial charge on any atom is -0.438 e. The van der Waals surface area contributed by atoms with Crippen LogP contribution in [0.15, 0.2) is 77.8 Å². The zero-order chi connectivity index (χ0) is 23.8. The molecule has 3 aromatic carbocycles. The maximum Gasteiger partial charge on any atom is 0.237 e. The highest BCUT2D eigenvalue weighted by molar-refractivity contribution is 8.00. The van der Waals surface area contributed by atoms with Crippen molar-refractivity contribution in [3.63, 3.8) is 0 Å². The van der Waals surface area contributed by atoms with E-state index >= 15 is 0 Å². The van der Waals surface area contributed by atoms with E-state index in [2.05, 4.69) is 19.1 Å². The topological polar surface area (TPSA) is 55.3 Å².